The van der Waals surface area contributed by atoms with E-state index in [1.807, 2.05) is 0 Å². The highest BCUT2D eigenvalue weighted by Gasteiger charge is 2.50. The minimum Gasteiger partial charge on any atom is -0.407 e. The van der Waals surface area contributed by atoms with E-state index in [-0.39, 0.29) is 11.6 Å². The fraction of sp³-hybridized carbons (Fsp3) is 0.538. The molecule has 2 rings (SSSR count). The van der Waals surface area contributed by atoms with Crippen LogP contribution >= 0.6 is 0 Å². The molecular weight excluding hydrogens is 372 g/mol. The van der Waals surface area contributed by atoms with E-state index in [4.69, 9.17) is 4.43 Å². The second-order valence-electron chi connectivity index (χ2n) is 9.94. The lowest BCUT2D eigenvalue weighted by molar-refractivity contribution is 0.189. The number of aliphatic hydroxyl groups is 1. The maximum Gasteiger partial charge on any atom is 0.261 e. The summed E-state index contributed by atoms with van der Waals surface area (Å²) in [6, 6.07) is 21.7. The summed E-state index contributed by atoms with van der Waals surface area (Å²) >= 11 is 0. The van der Waals surface area contributed by atoms with Crippen molar-refractivity contribution in [1.82, 2.24) is 0 Å². The van der Waals surface area contributed by atoms with Gasteiger partial charge in [-0.2, -0.15) is 0 Å². The van der Waals surface area contributed by atoms with Crippen molar-refractivity contribution in [2.24, 2.45) is 17.8 Å². The van der Waals surface area contributed by atoms with Crippen LogP contribution < -0.4 is 10.4 Å². The van der Waals surface area contributed by atoms with E-state index >= 15 is 0 Å². The summed E-state index contributed by atoms with van der Waals surface area (Å²) in [4.78, 5) is 0. The normalized spacial score (nSPS) is 15.7. The average Bonchev–Trinajstić information content (AvgIpc) is 2.68. The summed E-state index contributed by atoms with van der Waals surface area (Å²) in [5.74, 6) is 1.45. The van der Waals surface area contributed by atoms with Gasteiger partial charge in [-0.1, -0.05) is 102 Å². The first-order valence-electron chi connectivity index (χ1n) is 11.1. The molecule has 0 spiro atoms. The number of rotatable bonds is 10. The minimum absolute atomic E-state index is 0.0203. The van der Waals surface area contributed by atoms with Crippen LogP contribution in [0.1, 0.15) is 54.4 Å². The van der Waals surface area contributed by atoms with Crippen molar-refractivity contribution in [2.45, 2.75) is 59.4 Å². The fourth-order valence-electron chi connectivity index (χ4n) is 4.64. The molecule has 2 aromatic rings. The van der Waals surface area contributed by atoms with Crippen molar-refractivity contribution in [3.8, 4) is 0 Å². The maximum atomic E-state index is 9.35. The van der Waals surface area contributed by atoms with Crippen molar-refractivity contribution in [3.63, 3.8) is 0 Å². The molecule has 0 aliphatic rings. The van der Waals surface area contributed by atoms with Gasteiger partial charge in [-0.25, -0.2) is 0 Å². The highest BCUT2D eigenvalue weighted by Crippen LogP contribution is 2.37. The Kier molecular flexibility index (Phi) is 8.68. The van der Waals surface area contributed by atoms with Gasteiger partial charge in [-0.3, -0.25) is 0 Å². The van der Waals surface area contributed by atoms with Gasteiger partial charge < -0.3 is 9.53 Å². The zero-order valence-corrected chi connectivity index (χ0v) is 20.2. The first-order valence-corrected chi connectivity index (χ1v) is 13.0. The molecule has 0 bridgehead atoms. The predicted octanol–water partition coefficient (Wildman–Crippen LogP) is 5.24. The molecule has 0 heterocycles. The monoisotopic (exact) mass is 412 g/mol. The lowest BCUT2D eigenvalue weighted by Gasteiger charge is -2.43. The van der Waals surface area contributed by atoms with Crippen LogP contribution in [0.4, 0.5) is 0 Å². The first kappa shape index (κ1) is 23.9. The third-order valence-electron chi connectivity index (χ3n) is 5.92. The highest BCUT2D eigenvalue weighted by atomic mass is 28.4. The number of aliphatic hydroxyl groups excluding tert-OH is 1. The fourth-order valence-corrected chi connectivity index (χ4v) is 9.33. The molecule has 160 valence electrons. The highest BCUT2D eigenvalue weighted by molar-refractivity contribution is 6.99. The van der Waals surface area contributed by atoms with E-state index in [2.05, 4.69) is 102 Å². The Labute approximate surface area is 179 Å². The van der Waals surface area contributed by atoms with Crippen LogP contribution in [0, 0.1) is 17.8 Å². The Balaban J connectivity index is 2.29. The molecule has 0 unspecified atom stereocenters. The van der Waals surface area contributed by atoms with Crippen LogP contribution in [0.5, 0.6) is 0 Å². The van der Waals surface area contributed by atoms with Gasteiger partial charge in [0, 0.05) is 13.2 Å². The summed E-state index contributed by atoms with van der Waals surface area (Å²) in [5, 5.41) is 12.1. The Morgan fingerprint density at radius 3 is 1.62 bits per heavy atom. The van der Waals surface area contributed by atoms with Gasteiger partial charge in [0.2, 0.25) is 0 Å². The van der Waals surface area contributed by atoms with Crippen LogP contribution in [0.15, 0.2) is 60.7 Å². The lowest BCUT2D eigenvalue weighted by Crippen LogP contribution is -2.66. The first-order chi connectivity index (χ1) is 13.7. The Morgan fingerprint density at radius 1 is 0.759 bits per heavy atom. The standard InChI is InChI=1S/C26H40O2Si/c1-21(17-22(2)19-27)18-23(3)20-28-29(26(4,5)6,24-13-9-7-10-14-24)25-15-11-8-12-16-25/h7-16,21-23,27H,17-20H2,1-6H3/t21-,22+,23-/m0/s1. The Bertz CT molecular complexity index is 669. The summed E-state index contributed by atoms with van der Waals surface area (Å²) in [5.41, 5.74) is 0. The molecule has 3 atom stereocenters. The van der Waals surface area contributed by atoms with Crippen LogP contribution in [0.2, 0.25) is 5.04 Å². The molecule has 0 aliphatic carbocycles. The van der Waals surface area contributed by atoms with Crippen LogP contribution in [0.3, 0.4) is 0 Å². The second-order valence-corrected chi connectivity index (χ2v) is 14.2. The average molecular weight is 413 g/mol. The summed E-state index contributed by atoms with van der Waals surface area (Å²) in [6.07, 6.45) is 2.20. The number of hydrogen-bond acceptors (Lipinski definition) is 2. The van der Waals surface area contributed by atoms with E-state index in [9.17, 15) is 5.11 Å². The van der Waals surface area contributed by atoms with Gasteiger partial charge in [0.05, 0.1) is 0 Å². The molecule has 0 saturated heterocycles. The third kappa shape index (κ3) is 6.03. The third-order valence-corrected chi connectivity index (χ3v) is 10.9. The Morgan fingerprint density at radius 2 is 1.21 bits per heavy atom. The zero-order chi connectivity index (χ0) is 21.5. The quantitative estimate of drug-likeness (QED) is 0.541. The largest absolute Gasteiger partial charge is 0.407 e. The molecule has 3 heteroatoms. The second kappa shape index (κ2) is 10.6. The summed E-state index contributed by atoms with van der Waals surface area (Å²) in [6.45, 7) is 14.8. The molecule has 1 N–H and O–H groups in total. The van der Waals surface area contributed by atoms with E-state index in [1.165, 1.54) is 10.4 Å². The SMILES string of the molecule is C[C@H](C[C@H](C)CO[Si](c1ccccc1)(c1ccccc1)C(C)(C)C)C[C@@H](C)CO. The Hall–Kier alpha value is -1.42. The van der Waals surface area contributed by atoms with Gasteiger partial charge in [-0.15, -0.1) is 0 Å². The van der Waals surface area contributed by atoms with Crippen molar-refractivity contribution in [1.29, 1.82) is 0 Å². The van der Waals surface area contributed by atoms with Gasteiger partial charge >= 0.3 is 0 Å². The molecule has 0 radical (unpaired) electrons. The van der Waals surface area contributed by atoms with Gasteiger partial charge in [0.1, 0.15) is 0 Å². The molecule has 0 amide bonds. The van der Waals surface area contributed by atoms with Crippen molar-refractivity contribution >= 4 is 18.7 Å². The van der Waals surface area contributed by atoms with Gasteiger partial charge in [-0.05, 0) is 46.0 Å². The minimum atomic E-state index is -2.44. The molecule has 2 aromatic carbocycles. The molecule has 0 saturated carbocycles. The molecule has 0 aliphatic heterocycles. The van der Waals surface area contributed by atoms with Crippen molar-refractivity contribution in [3.05, 3.63) is 60.7 Å². The van der Waals surface area contributed by atoms with E-state index in [0.29, 0.717) is 17.8 Å². The molecule has 2 nitrogen and oxygen atoms in total. The van der Waals surface area contributed by atoms with Gasteiger partial charge in [0.25, 0.3) is 8.32 Å². The molecule has 0 fully saturated rings. The molecular formula is C26H40O2Si. The molecule has 0 aromatic heterocycles. The molecule has 29 heavy (non-hydrogen) atoms. The maximum absolute atomic E-state index is 9.35. The zero-order valence-electron chi connectivity index (χ0n) is 19.2. The smallest absolute Gasteiger partial charge is 0.261 e. The topological polar surface area (TPSA) is 29.5 Å². The van der Waals surface area contributed by atoms with Crippen molar-refractivity contribution < 1.29 is 9.53 Å². The van der Waals surface area contributed by atoms with Crippen LogP contribution in [-0.4, -0.2) is 26.6 Å². The van der Waals surface area contributed by atoms with E-state index in [0.717, 1.165) is 19.4 Å². The number of benzene rings is 2. The van der Waals surface area contributed by atoms with E-state index in [1.54, 1.807) is 0 Å². The summed E-state index contributed by atoms with van der Waals surface area (Å²) < 4.78 is 7.05. The summed E-state index contributed by atoms with van der Waals surface area (Å²) in [7, 11) is -2.44. The van der Waals surface area contributed by atoms with Crippen LogP contribution in [0.25, 0.3) is 0 Å². The predicted molar refractivity (Wildman–Crippen MR) is 127 cm³/mol. The van der Waals surface area contributed by atoms with Crippen LogP contribution in [-0.2, 0) is 4.43 Å². The van der Waals surface area contributed by atoms with Gasteiger partial charge in [0.15, 0.2) is 0 Å². The van der Waals surface area contributed by atoms with E-state index < -0.39 is 8.32 Å². The number of hydrogen-bond donors (Lipinski definition) is 1. The lowest BCUT2D eigenvalue weighted by atomic mass is 9.90. The van der Waals surface area contributed by atoms with Crippen molar-refractivity contribution in [2.75, 3.05) is 13.2 Å².